The molecule has 3 rings (SSSR count). The number of pyridine rings is 1. The average Bonchev–Trinajstić information content (AvgIpc) is 2.79. The lowest BCUT2D eigenvalue weighted by Gasteiger charge is -2.31. The summed E-state index contributed by atoms with van der Waals surface area (Å²) in [6, 6.07) is 8.50. The molecule has 9 heteroatoms. The number of nitrogens with one attached hydrogen (secondary N) is 1. The lowest BCUT2D eigenvalue weighted by atomic mass is 9.85. The molecule has 6 nitrogen and oxygen atoms in total. The van der Waals surface area contributed by atoms with E-state index in [0.717, 1.165) is 0 Å². The van der Waals surface area contributed by atoms with Gasteiger partial charge in [0.2, 0.25) is 0 Å². The van der Waals surface area contributed by atoms with Crippen LogP contribution in [-0.4, -0.2) is 26.9 Å². The van der Waals surface area contributed by atoms with Crippen molar-refractivity contribution in [3.8, 4) is 5.75 Å². The van der Waals surface area contributed by atoms with Crippen molar-refractivity contribution in [3.05, 3.63) is 57.8 Å². The minimum atomic E-state index is -3.34. The van der Waals surface area contributed by atoms with Crippen molar-refractivity contribution in [2.75, 3.05) is 7.11 Å². The van der Waals surface area contributed by atoms with Gasteiger partial charge in [0.15, 0.2) is 0 Å². The van der Waals surface area contributed by atoms with Gasteiger partial charge in [-0.2, -0.15) is 4.72 Å². The number of ether oxygens (including phenoxy) is 1. The molecule has 0 radical (unpaired) electrons. The number of halogens is 2. The molecule has 1 aliphatic rings. The average molecular weight is 388 g/mol. The van der Waals surface area contributed by atoms with E-state index in [-0.39, 0.29) is 0 Å². The van der Waals surface area contributed by atoms with Crippen molar-refractivity contribution in [2.45, 2.75) is 12.5 Å². The highest BCUT2D eigenvalue weighted by Gasteiger charge is 2.44. The molecule has 0 bridgehead atoms. The predicted molar refractivity (Wildman–Crippen MR) is 97.1 cm³/mol. The van der Waals surface area contributed by atoms with E-state index in [1.165, 1.54) is 7.11 Å². The highest BCUT2D eigenvalue weighted by molar-refractivity contribution is 8.21. The zero-order valence-corrected chi connectivity index (χ0v) is 15.2. The van der Waals surface area contributed by atoms with Crippen molar-refractivity contribution in [3.63, 3.8) is 0 Å². The van der Waals surface area contributed by atoms with Crippen LogP contribution >= 0.6 is 34.2 Å². The topological polar surface area (TPSA) is 87.0 Å². The van der Waals surface area contributed by atoms with Crippen LogP contribution in [0.2, 0.25) is 10.2 Å². The number of hydrogen-bond acceptors (Lipinski definition) is 6. The zero-order chi connectivity index (χ0) is 17.5. The molecular formula is C15H15Cl2N3O3S. The van der Waals surface area contributed by atoms with Crippen LogP contribution in [0, 0.1) is 0 Å². The van der Waals surface area contributed by atoms with E-state index in [2.05, 4.69) is 14.1 Å². The van der Waals surface area contributed by atoms with Gasteiger partial charge < -0.3 is 4.74 Å². The molecule has 2 aromatic rings. The summed E-state index contributed by atoms with van der Waals surface area (Å²) in [5.41, 5.74) is 0.826. The van der Waals surface area contributed by atoms with Crippen molar-refractivity contribution in [1.29, 1.82) is 0 Å². The van der Waals surface area contributed by atoms with E-state index in [1.807, 2.05) is 0 Å². The Bertz CT molecular complexity index is 814. The predicted octanol–water partition coefficient (Wildman–Crippen LogP) is 4.29. The third-order valence-electron chi connectivity index (χ3n) is 3.76. The summed E-state index contributed by atoms with van der Waals surface area (Å²) < 4.78 is 32.3. The number of hydrogen-bond donors (Lipinski definition) is 3. The first kappa shape index (κ1) is 17.5. The fraction of sp³-hybridized carbons (Fsp3) is 0.200. The second kappa shape index (κ2) is 6.18. The van der Waals surface area contributed by atoms with E-state index in [4.69, 9.17) is 27.9 Å². The normalized spacial score (nSPS) is 23.7. The molecule has 1 atom stereocenters. The van der Waals surface area contributed by atoms with Gasteiger partial charge in [-0.15, -0.1) is 4.40 Å². The Morgan fingerprint density at radius 2 is 1.96 bits per heavy atom. The molecule has 1 aromatic heterocycles. The van der Waals surface area contributed by atoms with Crippen molar-refractivity contribution < 1.29 is 13.8 Å². The van der Waals surface area contributed by atoms with E-state index in [0.29, 0.717) is 32.8 Å². The van der Waals surface area contributed by atoms with Gasteiger partial charge in [0, 0.05) is 11.8 Å². The van der Waals surface area contributed by atoms with Gasteiger partial charge in [-0.25, -0.2) is 4.98 Å². The first-order valence-electron chi connectivity index (χ1n) is 6.88. The van der Waals surface area contributed by atoms with E-state index in [9.17, 15) is 9.11 Å². The molecule has 128 valence electrons. The van der Waals surface area contributed by atoms with Gasteiger partial charge in [-0.05, 0) is 41.6 Å². The number of nitrogens with zero attached hydrogens (tertiary/aromatic N) is 2. The smallest absolute Gasteiger partial charge is 0.138 e. The molecule has 1 unspecified atom stereocenters. The van der Waals surface area contributed by atoms with Crippen LogP contribution in [0.15, 0.2) is 40.9 Å². The summed E-state index contributed by atoms with van der Waals surface area (Å²) >= 11 is 11.9. The van der Waals surface area contributed by atoms with E-state index < -0.39 is 16.5 Å². The molecule has 0 fully saturated rings. The van der Waals surface area contributed by atoms with Crippen LogP contribution in [0.4, 0.5) is 0 Å². The first-order valence-corrected chi connectivity index (χ1v) is 9.14. The summed E-state index contributed by atoms with van der Waals surface area (Å²) in [6.45, 7) is 1.79. The van der Waals surface area contributed by atoms with E-state index in [1.54, 1.807) is 43.5 Å². The second-order valence-corrected chi connectivity index (χ2v) is 7.62. The third-order valence-corrected chi connectivity index (χ3v) is 5.42. The molecule has 1 aliphatic heterocycles. The maximum atomic E-state index is 10.1. The Kier molecular flexibility index (Phi) is 4.50. The van der Waals surface area contributed by atoms with Crippen LogP contribution in [0.3, 0.4) is 0 Å². The Hall–Kier alpha value is -1.35. The molecule has 1 aromatic carbocycles. The second-order valence-electron chi connectivity index (χ2n) is 5.40. The fourth-order valence-corrected chi connectivity index (χ4v) is 4.24. The number of aromatic nitrogens is 1. The lowest BCUT2D eigenvalue weighted by Crippen LogP contribution is -2.42. The molecule has 0 saturated heterocycles. The Morgan fingerprint density at radius 1 is 1.21 bits per heavy atom. The van der Waals surface area contributed by atoms with Gasteiger partial charge in [0.1, 0.15) is 16.4 Å². The van der Waals surface area contributed by atoms with Gasteiger partial charge in [0.05, 0.1) is 17.8 Å². The molecule has 0 spiro atoms. The summed E-state index contributed by atoms with van der Waals surface area (Å²) in [6.07, 6.45) is 1.57. The Morgan fingerprint density at radius 3 is 2.58 bits per heavy atom. The van der Waals surface area contributed by atoms with Gasteiger partial charge in [0.25, 0.3) is 0 Å². The molecule has 2 heterocycles. The van der Waals surface area contributed by atoms with Crippen molar-refractivity contribution >= 4 is 39.9 Å². The molecule has 0 amide bonds. The minimum Gasteiger partial charge on any atom is -0.495 e. The number of benzene rings is 1. The van der Waals surface area contributed by atoms with Crippen LogP contribution in [-0.2, 0) is 5.54 Å². The van der Waals surface area contributed by atoms with Crippen LogP contribution < -0.4 is 9.46 Å². The zero-order valence-electron chi connectivity index (χ0n) is 12.8. The highest BCUT2D eigenvalue weighted by Crippen LogP contribution is 2.49. The number of rotatable bonds is 3. The molecule has 24 heavy (non-hydrogen) atoms. The standard InChI is InChI=1S/C15H15Cl2N3O3S/c1-15(10-4-6-13(17)18-8-10)14(19-24(21,22)20-15)9-3-5-11(16)12(7-9)23-2/h3-8,20-22H,1-2H3. The van der Waals surface area contributed by atoms with Crippen LogP contribution in [0.1, 0.15) is 18.1 Å². The monoisotopic (exact) mass is 387 g/mol. The van der Waals surface area contributed by atoms with E-state index >= 15 is 0 Å². The maximum absolute atomic E-state index is 10.1. The van der Waals surface area contributed by atoms with Gasteiger partial charge in [-0.1, -0.05) is 35.3 Å². The largest absolute Gasteiger partial charge is 0.495 e. The maximum Gasteiger partial charge on any atom is 0.138 e. The van der Waals surface area contributed by atoms with Gasteiger partial charge >= 0.3 is 0 Å². The molecule has 0 saturated carbocycles. The van der Waals surface area contributed by atoms with Crippen molar-refractivity contribution in [1.82, 2.24) is 9.71 Å². The van der Waals surface area contributed by atoms with Crippen LogP contribution in [0.5, 0.6) is 5.75 Å². The third kappa shape index (κ3) is 3.11. The molecule has 0 aliphatic carbocycles. The Labute approximate surface area is 151 Å². The highest BCUT2D eigenvalue weighted by atomic mass is 35.5. The summed E-state index contributed by atoms with van der Waals surface area (Å²) in [5, 5.41) is 0.799. The van der Waals surface area contributed by atoms with Crippen molar-refractivity contribution in [2.24, 2.45) is 4.40 Å². The SMILES string of the molecule is COc1cc(C2=NS(O)(O)NC2(C)c2ccc(Cl)nc2)ccc1Cl. The summed E-state index contributed by atoms with van der Waals surface area (Å²) in [5.74, 6) is 0.469. The quantitative estimate of drug-likeness (QED) is 0.683. The summed E-state index contributed by atoms with van der Waals surface area (Å²) in [4.78, 5) is 4.06. The molecular weight excluding hydrogens is 373 g/mol. The lowest BCUT2D eigenvalue weighted by molar-refractivity contribution is 0.415. The summed E-state index contributed by atoms with van der Waals surface area (Å²) in [7, 11) is -1.83. The minimum absolute atomic E-state index is 0.346. The molecule has 3 N–H and O–H groups in total. The Balaban J connectivity index is 2.14. The first-order chi connectivity index (χ1) is 11.2. The fourth-order valence-electron chi connectivity index (χ4n) is 2.58. The number of methoxy groups -OCH3 is 1. The van der Waals surface area contributed by atoms with Crippen LogP contribution in [0.25, 0.3) is 0 Å². The van der Waals surface area contributed by atoms with Gasteiger partial charge in [-0.3, -0.25) is 9.11 Å².